The third-order valence-electron chi connectivity index (χ3n) is 3.77. The molecular weight excluding hydrogens is 270 g/mol. The number of nitrogens with zero attached hydrogens (tertiary/aromatic N) is 3. The highest BCUT2D eigenvalue weighted by atomic mass is 16.3. The number of hydrogen-bond donors (Lipinski definition) is 1. The fourth-order valence-electron chi connectivity index (χ4n) is 2.82. The number of carbonyl (C=O) groups excluding carboxylic acids is 1. The number of hydrogen-bond acceptors (Lipinski definition) is 4. The first kappa shape index (κ1) is 15.7. The van der Waals surface area contributed by atoms with E-state index in [1.165, 1.54) is 16.8 Å². The van der Waals surface area contributed by atoms with E-state index in [1.54, 1.807) is 11.8 Å². The van der Waals surface area contributed by atoms with E-state index in [0.29, 0.717) is 25.2 Å². The van der Waals surface area contributed by atoms with E-state index < -0.39 is 6.10 Å². The van der Waals surface area contributed by atoms with Crippen LogP contribution in [0.2, 0.25) is 0 Å². The van der Waals surface area contributed by atoms with Crippen molar-refractivity contribution in [2.45, 2.75) is 58.2 Å². The van der Waals surface area contributed by atoms with Gasteiger partial charge in [-0.3, -0.25) is 9.59 Å². The van der Waals surface area contributed by atoms with Gasteiger partial charge in [-0.2, -0.15) is 5.10 Å². The lowest BCUT2D eigenvalue weighted by atomic mass is 10.1. The Bertz CT molecular complexity index is 553. The molecule has 2 heterocycles. The molecule has 1 fully saturated rings. The average molecular weight is 293 g/mol. The Hall–Kier alpha value is -1.69. The maximum atomic E-state index is 12.6. The van der Waals surface area contributed by atoms with Crippen molar-refractivity contribution >= 4 is 5.91 Å². The molecule has 0 saturated carbocycles. The molecule has 1 N–H and O–H groups in total. The largest absolute Gasteiger partial charge is 0.393 e. The highest BCUT2D eigenvalue weighted by Gasteiger charge is 2.31. The van der Waals surface area contributed by atoms with Gasteiger partial charge in [-0.15, -0.1) is 0 Å². The number of aryl methyl sites for hydroxylation is 1. The summed E-state index contributed by atoms with van der Waals surface area (Å²) in [5.41, 5.74) is 0.121. The van der Waals surface area contributed by atoms with Crippen molar-refractivity contribution in [1.29, 1.82) is 0 Å². The van der Waals surface area contributed by atoms with Gasteiger partial charge in [0.1, 0.15) is 5.69 Å². The van der Waals surface area contributed by atoms with Crippen molar-refractivity contribution in [3.63, 3.8) is 0 Å². The van der Waals surface area contributed by atoms with Crippen LogP contribution in [-0.4, -0.2) is 44.4 Å². The lowest BCUT2D eigenvalue weighted by molar-refractivity contribution is 0.0673. The Morgan fingerprint density at radius 3 is 2.95 bits per heavy atom. The van der Waals surface area contributed by atoms with Crippen molar-refractivity contribution in [2.75, 3.05) is 6.54 Å². The monoisotopic (exact) mass is 293 g/mol. The zero-order chi connectivity index (χ0) is 15.4. The first-order chi connectivity index (χ1) is 10.0. The molecule has 21 heavy (non-hydrogen) atoms. The molecule has 0 bridgehead atoms. The molecule has 1 aliphatic rings. The van der Waals surface area contributed by atoms with E-state index >= 15 is 0 Å². The van der Waals surface area contributed by atoms with Gasteiger partial charge in [-0.25, -0.2) is 4.68 Å². The van der Waals surface area contributed by atoms with E-state index in [0.717, 1.165) is 19.3 Å². The third-order valence-corrected chi connectivity index (χ3v) is 3.77. The summed E-state index contributed by atoms with van der Waals surface area (Å²) in [6.07, 6.45) is 2.80. The molecule has 1 saturated heterocycles. The molecule has 6 heteroatoms. The van der Waals surface area contributed by atoms with E-state index in [-0.39, 0.29) is 17.5 Å². The molecule has 0 aliphatic carbocycles. The quantitative estimate of drug-likeness (QED) is 0.880. The number of aromatic nitrogens is 2. The Morgan fingerprint density at radius 2 is 2.29 bits per heavy atom. The minimum atomic E-state index is -0.426. The molecule has 2 rings (SSSR count). The summed E-state index contributed by atoms with van der Waals surface area (Å²) >= 11 is 0. The van der Waals surface area contributed by atoms with Gasteiger partial charge in [0.05, 0.1) is 6.10 Å². The molecule has 1 aromatic rings. The van der Waals surface area contributed by atoms with Crippen molar-refractivity contribution in [3.05, 3.63) is 28.2 Å². The maximum absolute atomic E-state index is 12.6. The third kappa shape index (κ3) is 3.69. The normalized spacial score (nSPS) is 19.8. The van der Waals surface area contributed by atoms with Crippen LogP contribution in [-0.2, 0) is 6.54 Å². The van der Waals surface area contributed by atoms with Crippen LogP contribution in [0, 0.1) is 0 Å². The van der Waals surface area contributed by atoms with Crippen molar-refractivity contribution in [1.82, 2.24) is 14.7 Å². The zero-order valence-electron chi connectivity index (χ0n) is 12.7. The molecule has 0 spiro atoms. The van der Waals surface area contributed by atoms with E-state index in [2.05, 4.69) is 5.10 Å². The van der Waals surface area contributed by atoms with Gasteiger partial charge in [0.25, 0.3) is 11.5 Å². The molecule has 6 nitrogen and oxygen atoms in total. The van der Waals surface area contributed by atoms with E-state index in [1.807, 2.05) is 6.92 Å². The van der Waals surface area contributed by atoms with Gasteiger partial charge in [0.2, 0.25) is 0 Å². The van der Waals surface area contributed by atoms with Crippen molar-refractivity contribution in [3.8, 4) is 0 Å². The summed E-state index contributed by atoms with van der Waals surface area (Å²) < 4.78 is 1.34. The van der Waals surface area contributed by atoms with Gasteiger partial charge in [-0.05, 0) is 38.7 Å². The highest BCUT2D eigenvalue weighted by Crippen LogP contribution is 2.23. The first-order valence-electron chi connectivity index (χ1n) is 7.60. The molecule has 1 aromatic heterocycles. The summed E-state index contributed by atoms with van der Waals surface area (Å²) in [6, 6.07) is 2.95. The number of likely N-dealkylation sites (tertiary alicyclic amines) is 1. The summed E-state index contributed by atoms with van der Waals surface area (Å²) in [6.45, 7) is 4.89. The fourth-order valence-corrected chi connectivity index (χ4v) is 2.82. The predicted octanol–water partition coefficient (Wildman–Crippen LogP) is 1.03. The van der Waals surface area contributed by atoms with E-state index in [9.17, 15) is 14.7 Å². The minimum absolute atomic E-state index is 0.0610. The SMILES string of the molecule is CCCn1nc(C(=O)N2CCCC2CC(C)O)ccc1=O. The first-order valence-corrected chi connectivity index (χ1v) is 7.60. The molecule has 0 radical (unpaired) electrons. The van der Waals surface area contributed by atoms with Crippen LogP contribution in [0.5, 0.6) is 0 Å². The Morgan fingerprint density at radius 1 is 1.52 bits per heavy atom. The summed E-state index contributed by atoms with van der Waals surface area (Å²) in [4.78, 5) is 26.0. The van der Waals surface area contributed by atoms with Crippen LogP contribution in [0.15, 0.2) is 16.9 Å². The van der Waals surface area contributed by atoms with Gasteiger partial charge in [-0.1, -0.05) is 6.92 Å². The smallest absolute Gasteiger partial charge is 0.274 e. The predicted molar refractivity (Wildman–Crippen MR) is 79.1 cm³/mol. The highest BCUT2D eigenvalue weighted by molar-refractivity contribution is 5.92. The Balaban J connectivity index is 2.19. The van der Waals surface area contributed by atoms with Crippen LogP contribution in [0.25, 0.3) is 0 Å². The zero-order valence-corrected chi connectivity index (χ0v) is 12.7. The van der Waals surface area contributed by atoms with Gasteiger partial charge < -0.3 is 10.0 Å². The number of aliphatic hydroxyl groups excluding tert-OH is 1. The molecule has 2 atom stereocenters. The molecule has 1 aliphatic heterocycles. The summed E-state index contributed by atoms with van der Waals surface area (Å²) in [7, 11) is 0. The standard InChI is InChI=1S/C15H23N3O3/c1-3-8-18-14(20)7-6-13(16-18)15(21)17-9-4-5-12(17)10-11(2)19/h6-7,11-12,19H,3-5,8-10H2,1-2H3. The number of amides is 1. The molecule has 0 aromatic carbocycles. The van der Waals surface area contributed by atoms with Gasteiger partial charge in [0.15, 0.2) is 0 Å². The fraction of sp³-hybridized carbons (Fsp3) is 0.667. The molecule has 1 amide bonds. The van der Waals surface area contributed by atoms with Crippen molar-refractivity contribution in [2.24, 2.45) is 0 Å². The number of rotatable bonds is 5. The lowest BCUT2D eigenvalue weighted by Gasteiger charge is -2.25. The Labute approximate surface area is 124 Å². The molecule has 116 valence electrons. The second kappa shape index (κ2) is 6.85. The van der Waals surface area contributed by atoms with Gasteiger partial charge >= 0.3 is 0 Å². The summed E-state index contributed by atoms with van der Waals surface area (Å²) in [5.74, 6) is -0.150. The second-order valence-corrected chi connectivity index (χ2v) is 5.66. The minimum Gasteiger partial charge on any atom is -0.393 e. The number of carbonyl (C=O) groups is 1. The number of aliphatic hydroxyl groups is 1. The topological polar surface area (TPSA) is 75.4 Å². The Kier molecular flexibility index (Phi) is 5.12. The van der Waals surface area contributed by atoms with Crippen LogP contribution < -0.4 is 5.56 Å². The molecule has 2 unspecified atom stereocenters. The lowest BCUT2D eigenvalue weighted by Crippen LogP contribution is -2.38. The van der Waals surface area contributed by atoms with Crippen molar-refractivity contribution < 1.29 is 9.90 Å². The second-order valence-electron chi connectivity index (χ2n) is 5.66. The summed E-state index contributed by atoms with van der Waals surface area (Å²) in [5, 5.41) is 13.7. The van der Waals surface area contributed by atoms with Crippen LogP contribution in [0.3, 0.4) is 0 Å². The van der Waals surface area contributed by atoms with E-state index in [4.69, 9.17) is 0 Å². The van der Waals surface area contributed by atoms with Gasteiger partial charge in [0, 0.05) is 25.2 Å². The molecular formula is C15H23N3O3. The van der Waals surface area contributed by atoms with Crippen LogP contribution in [0.4, 0.5) is 0 Å². The van der Waals surface area contributed by atoms with Crippen LogP contribution in [0.1, 0.15) is 50.0 Å². The van der Waals surface area contributed by atoms with Crippen LogP contribution >= 0.6 is 0 Å². The average Bonchev–Trinajstić information content (AvgIpc) is 2.88. The maximum Gasteiger partial charge on any atom is 0.274 e.